The molecule has 1 N–H and O–H groups in total. The molecule has 0 amide bonds. The lowest BCUT2D eigenvalue weighted by molar-refractivity contribution is 0.0123. The van der Waals surface area contributed by atoms with Crippen molar-refractivity contribution < 1.29 is 9.50 Å². The Kier molecular flexibility index (Phi) is 3.74. The molecule has 2 saturated heterocycles. The summed E-state index contributed by atoms with van der Waals surface area (Å²) in [6, 6.07) is 6.46. The lowest BCUT2D eigenvalue weighted by atomic mass is 9.81. The third-order valence-corrected chi connectivity index (χ3v) is 5.93. The molecule has 2 nitrogen and oxygen atoms in total. The maximum Gasteiger partial charge on any atom is 0.127 e. The van der Waals surface area contributed by atoms with Gasteiger partial charge in [0, 0.05) is 16.9 Å². The molecular weight excluding hydrogens is 273 g/mol. The van der Waals surface area contributed by atoms with Crippen molar-refractivity contribution in [2.75, 3.05) is 0 Å². The van der Waals surface area contributed by atoms with Crippen molar-refractivity contribution in [2.45, 2.75) is 54.6 Å². The Bertz CT molecular complexity index is 542. The Morgan fingerprint density at radius 3 is 2.65 bits per heavy atom. The van der Waals surface area contributed by atoms with Gasteiger partial charge in [0.05, 0.1) is 17.2 Å². The van der Waals surface area contributed by atoms with Crippen LogP contribution in [-0.2, 0) is 6.42 Å². The van der Waals surface area contributed by atoms with Crippen molar-refractivity contribution in [1.82, 2.24) is 0 Å². The predicted molar refractivity (Wildman–Crippen MR) is 78.0 cm³/mol. The molecule has 3 rings (SSSR count). The maximum atomic E-state index is 14.0. The molecule has 2 bridgehead atoms. The number of aliphatic hydroxyl groups is 1. The van der Waals surface area contributed by atoms with Crippen molar-refractivity contribution in [3.05, 3.63) is 35.1 Å². The first kappa shape index (κ1) is 13.9. The van der Waals surface area contributed by atoms with Crippen LogP contribution in [0.2, 0.25) is 0 Å². The predicted octanol–water partition coefficient (Wildman–Crippen LogP) is 3.42. The second-order valence-electron chi connectivity index (χ2n) is 6.04. The molecule has 0 aromatic heterocycles. The van der Waals surface area contributed by atoms with Crippen LogP contribution < -0.4 is 0 Å². The molecule has 0 radical (unpaired) electrons. The van der Waals surface area contributed by atoms with Crippen LogP contribution in [0, 0.1) is 17.1 Å². The maximum absolute atomic E-state index is 14.0. The van der Waals surface area contributed by atoms with Gasteiger partial charge in [0.15, 0.2) is 0 Å². The number of rotatable bonds is 2. The third kappa shape index (κ3) is 2.84. The van der Waals surface area contributed by atoms with Crippen molar-refractivity contribution in [3.63, 3.8) is 0 Å². The molecule has 2 aliphatic rings. The second-order valence-corrected chi connectivity index (χ2v) is 7.64. The van der Waals surface area contributed by atoms with E-state index in [4.69, 9.17) is 5.26 Å². The molecule has 2 atom stereocenters. The Hall–Kier alpha value is -1.05. The highest BCUT2D eigenvalue weighted by atomic mass is 32.2. The number of fused-ring (bicyclic) bond motifs is 2. The number of thioether (sulfide) groups is 1. The lowest BCUT2D eigenvalue weighted by Crippen LogP contribution is -2.44. The fourth-order valence-corrected chi connectivity index (χ4v) is 5.43. The quantitative estimate of drug-likeness (QED) is 0.908. The van der Waals surface area contributed by atoms with Crippen molar-refractivity contribution in [3.8, 4) is 6.07 Å². The lowest BCUT2D eigenvalue weighted by Gasteiger charge is -2.44. The summed E-state index contributed by atoms with van der Waals surface area (Å²) in [7, 11) is 0. The molecule has 2 fully saturated rings. The molecule has 1 aromatic rings. The van der Waals surface area contributed by atoms with Crippen molar-refractivity contribution >= 4 is 11.8 Å². The highest BCUT2D eigenvalue weighted by Gasteiger charge is 2.41. The Morgan fingerprint density at radius 2 is 2.05 bits per heavy atom. The van der Waals surface area contributed by atoms with Gasteiger partial charge in [-0.1, -0.05) is 12.5 Å². The van der Waals surface area contributed by atoms with Gasteiger partial charge in [-0.15, -0.1) is 0 Å². The summed E-state index contributed by atoms with van der Waals surface area (Å²) in [6.45, 7) is 0. The van der Waals surface area contributed by atoms with Crippen molar-refractivity contribution in [2.24, 2.45) is 0 Å². The van der Waals surface area contributed by atoms with Crippen LogP contribution in [0.4, 0.5) is 4.39 Å². The zero-order chi connectivity index (χ0) is 14.2. The van der Waals surface area contributed by atoms with Gasteiger partial charge < -0.3 is 5.11 Å². The number of nitrogens with zero attached hydrogens (tertiary/aromatic N) is 1. The van der Waals surface area contributed by atoms with E-state index in [1.165, 1.54) is 25.3 Å². The summed E-state index contributed by atoms with van der Waals surface area (Å²) in [5.74, 6) is -0.374. The summed E-state index contributed by atoms with van der Waals surface area (Å²) in [5, 5.41) is 20.6. The zero-order valence-electron chi connectivity index (χ0n) is 11.3. The van der Waals surface area contributed by atoms with E-state index in [1.807, 2.05) is 17.8 Å². The van der Waals surface area contributed by atoms with E-state index in [-0.39, 0.29) is 5.82 Å². The third-order valence-electron chi connectivity index (χ3n) is 4.35. The van der Waals surface area contributed by atoms with Crippen LogP contribution in [0.5, 0.6) is 0 Å². The molecule has 106 valence electrons. The molecule has 2 unspecified atom stereocenters. The number of nitriles is 1. The Morgan fingerprint density at radius 1 is 1.35 bits per heavy atom. The topological polar surface area (TPSA) is 44.0 Å². The molecule has 0 spiro atoms. The SMILES string of the molecule is N#Cc1ccc(CC2(O)CC3CCCC(C2)S3)c(F)c1. The normalized spacial score (nSPS) is 32.6. The number of hydrogen-bond donors (Lipinski definition) is 1. The molecule has 0 saturated carbocycles. The Labute approximate surface area is 123 Å². The highest BCUT2D eigenvalue weighted by Crippen LogP contribution is 2.46. The minimum atomic E-state index is -0.782. The largest absolute Gasteiger partial charge is 0.389 e. The zero-order valence-corrected chi connectivity index (χ0v) is 12.1. The smallest absolute Gasteiger partial charge is 0.127 e. The molecule has 20 heavy (non-hydrogen) atoms. The van der Waals surface area contributed by atoms with E-state index < -0.39 is 5.60 Å². The monoisotopic (exact) mass is 291 g/mol. The summed E-state index contributed by atoms with van der Waals surface area (Å²) in [5.41, 5.74) is 0.0708. The minimum absolute atomic E-state index is 0.328. The van der Waals surface area contributed by atoms with Gasteiger partial charge in [0.2, 0.25) is 0 Å². The average Bonchev–Trinajstić information content (AvgIpc) is 2.40. The van der Waals surface area contributed by atoms with Gasteiger partial charge in [-0.2, -0.15) is 17.0 Å². The van der Waals surface area contributed by atoms with Crippen LogP contribution in [0.1, 0.15) is 43.2 Å². The first-order valence-electron chi connectivity index (χ1n) is 7.14. The van der Waals surface area contributed by atoms with E-state index in [0.717, 1.165) is 12.8 Å². The van der Waals surface area contributed by atoms with E-state index in [9.17, 15) is 9.50 Å². The molecule has 4 heteroatoms. The number of hydrogen-bond acceptors (Lipinski definition) is 3. The molecule has 2 heterocycles. The number of benzene rings is 1. The first-order valence-corrected chi connectivity index (χ1v) is 8.09. The fourth-order valence-electron chi connectivity index (χ4n) is 3.47. The van der Waals surface area contributed by atoms with E-state index in [2.05, 4.69) is 0 Å². The van der Waals surface area contributed by atoms with Crippen LogP contribution in [0.15, 0.2) is 18.2 Å². The fraction of sp³-hybridized carbons (Fsp3) is 0.562. The highest BCUT2D eigenvalue weighted by molar-refractivity contribution is 8.00. The second kappa shape index (κ2) is 5.38. The van der Waals surface area contributed by atoms with E-state index in [1.54, 1.807) is 12.1 Å². The molecule has 1 aromatic carbocycles. The first-order chi connectivity index (χ1) is 9.58. The summed E-state index contributed by atoms with van der Waals surface area (Å²) in [4.78, 5) is 0. The van der Waals surface area contributed by atoms with Gasteiger partial charge in [-0.25, -0.2) is 4.39 Å². The van der Waals surface area contributed by atoms with Gasteiger partial charge in [0.25, 0.3) is 0 Å². The van der Waals surface area contributed by atoms with Gasteiger partial charge >= 0.3 is 0 Å². The molecular formula is C16H18FNOS. The molecule has 2 aliphatic heterocycles. The van der Waals surface area contributed by atoms with Crippen LogP contribution in [0.3, 0.4) is 0 Å². The summed E-state index contributed by atoms with van der Waals surface area (Å²) >= 11 is 2.00. The van der Waals surface area contributed by atoms with Gasteiger partial charge in [0.1, 0.15) is 5.82 Å². The van der Waals surface area contributed by atoms with Crippen LogP contribution in [0.25, 0.3) is 0 Å². The van der Waals surface area contributed by atoms with Crippen molar-refractivity contribution in [1.29, 1.82) is 5.26 Å². The van der Waals surface area contributed by atoms with Gasteiger partial charge in [-0.05, 0) is 43.4 Å². The summed E-state index contributed by atoms with van der Waals surface area (Å²) < 4.78 is 14.0. The van der Waals surface area contributed by atoms with E-state index in [0.29, 0.717) is 28.0 Å². The Balaban J connectivity index is 1.78. The van der Waals surface area contributed by atoms with Crippen LogP contribution >= 0.6 is 11.8 Å². The molecule has 0 aliphatic carbocycles. The van der Waals surface area contributed by atoms with Crippen LogP contribution in [-0.4, -0.2) is 21.2 Å². The average molecular weight is 291 g/mol. The minimum Gasteiger partial charge on any atom is -0.389 e. The van der Waals surface area contributed by atoms with Gasteiger partial charge in [-0.3, -0.25) is 0 Å². The standard InChI is InChI=1S/C16H18FNOS/c17-15-6-11(10-18)4-5-12(15)7-16(19)8-13-2-1-3-14(9-16)20-13/h4-6,13-14,19H,1-3,7-9H2. The number of halogens is 1. The van der Waals surface area contributed by atoms with E-state index >= 15 is 0 Å². The summed E-state index contributed by atoms with van der Waals surface area (Å²) in [6.07, 6.45) is 5.46.